The first-order valence-corrected chi connectivity index (χ1v) is 10.4. The van der Waals surface area contributed by atoms with E-state index in [0.29, 0.717) is 38.1 Å². The van der Waals surface area contributed by atoms with Crippen LogP contribution in [0.5, 0.6) is 0 Å². The maximum atomic E-state index is 12.4. The maximum absolute atomic E-state index is 12.4. The molecule has 160 valence electrons. The van der Waals surface area contributed by atoms with Gasteiger partial charge in [0.15, 0.2) is 5.58 Å². The van der Waals surface area contributed by atoms with Crippen molar-refractivity contribution in [3.63, 3.8) is 0 Å². The van der Waals surface area contributed by atoms with E-state index in [9.17, 15) is 9.59 Å². The van der Waals surface area contributed by atoms with Crippen molar-refractivity contribution in [3.8, 4) is 0 Å². The fourth-order valence-electron chi connectivity index (χ4n) is 3.80. The molecule has 2 heterocycles. The monoisotopic (exact) mass is 418 g/mol. The first-order valence-electron chi connectivity index (χ1n) is 10.4. The Kier molecular flexibility index (Phi) is 6.02. The van der Waals surface area contributed by atoms with E-state index in [0.717, 1.165) is 22.5 Å². The van der Waals surface area contributed by atoms with Gasteiger partial charge in [0.2, 0.25) is 5.91 Å². The minimum Gasteiger partial charge on any atom is -0.408 e. The van der Waals surface area contributed by atoms with Gasteiger partial charge in [-0.15, -0.1) is 0 Å². The smallest absolute Gasteiger partial charge is 0.408 e. The summed E-state index contributed by atoms with van der Waals surface area (Å²) in [5, 5.41) is 7.62. The van der Waals surface area contributed by atoms with Crippen molar-refractivity contribution in [2.45, 2.75) is 46.3 Å². The zero-order chi connectivity index (χ0) is 21.8. The molecule has 4 rings (SSSR count). The molecular weight excluding hydrogens is 392 g/mol. The Balaban J connectivity index is 1.32. The van der Waals surface area contributed by atoms with Crippen LogP contribution in [0.3, 0.4) is 0 Å². The van der Waals surface area contributed by atoms with Gasteiger partial charge in [0.25, 0.3) is 0 Å². The molecular formula is C24H26N4O3. The molecule has 0 aliphatic carbocycles. The average Bonchev–Trinajstić information content (AvgIpc) is 3.22. The molecule has 0 atom stereocenters. The summed E-state index contributed by atoms with van der Waals surface area (Å²) >= 11 is 0. The topological polar surface area (TPSA) is 82.1 Å². The predicted molar refractivity (Wildman–Crippen MR) is 119 cm³/mol. The van der Waals surface area contributed by atoms with Gasteiger partial charge in [-0.25, -0.2) is 4.79 Å². The first-order chi connectivity index (χ1) is 15.0. The number of para-hydroxylation sites is 2. The molecule has 0 saturated heterocycles. The van der Waals surface area contributed by atoms with E-state index in [1.807, 2.05) is 54.9 Å². The van der Waals surface area contributed by atoms with Gasteiger partial charge in [-0.05, 0) is 38.0 Å². The average molecular weight is 418 g/mol. The third-order valence-electron chi connectivity index (χ3n) is 5.53. The molecule has 4 aromatic rings. The standard InChI is InChI=1S/C24H26N4O3/c1-17-20(18(2)28(26-17)16-19-9-4-3-5-10-19)15-25-23(29)13-8-14-27-21-11-6-7-12-22(21)31-24(27)30/h3-7,9-12H,8,13-16H2,1-2H3,(H,25,29). The molecule has 7 heteroatoms. The van der Waals surface area contributed by atoms with Crippen LogP contribution in [-0.2, 0) is 24.4 Å². The zero-order valence-electron chi connectivity index (χ0n) is 17.8. The van der Waals surface area contributed by atoms with Crippen molar-refractivity contribution in [1.29, 1.82) is 0 Å². The third kappa shape index (κ3) is 4.60. The zero-order valence-corrected chi connectivity index (χ0v) is 17.8. The third-order valence-corrected chi connectivity index (χ3v) is 5.53. The molecule has 0 aliphatic rings. The molecule has 0 saturated carbocycles. The molecule has 31 heavy (non-hydrogen) atoms. The summed E-state index contributed by atoms with van der Waals surface area (Å²) < 4.78 is 8.78. The number of oxazole rings is 1. The number of fused-ring (bicyclic) bond motifs is 1. The molecule has 0 unspecified atom stereocenters. The first kappa shape index (κ1) is 20.7. The number of aromatic nitrogens is 3. The number of nitrogens with zero attached hydrogens (tertiary/aromatic N) is 3. The van der Waals surface area contributed by atoms with Gasteiger partial charge in [0, 0.05) is 30.8 Å². The maximum Gasteiger partial charge on any atom is 0.419 e. The summed E-state index contributed by atoms with van der Waals surface area (Å²) in [5.74, 6) is -0.436. The van der Waals surface area contributed by atoms with E-state index in [-0.39, 0.29) is 5.91 Å². The second-order valence-corrected chi connectivity index (χ2v) is 7.66. The number of amides is 1. The molecule has 1 N–H and O–H groups in total. The minimum atomic E-state index is -0.390. The summed E-state index contributed by atoms with van der Waals surface area (Å²) in [6.07, 6.45) is 0.892. The minimum absolute atomic E-state index is 0.0459. The van der Waals surface area contributed by atoms with Crippen LogP contribution in [0.4, 0.5) is 0 Å². The summed E-state index contributed by atoms with van der Waals surface area (Å²) in [7, 11) is 0. The molecule has 0 bridgehead atoms. The number of rotatable bonds is 8. The van der Waals surface area contributed by atoms with Crippen LogP contribution in [0.1, 0.15) is 35.4 Å². The highest BCUT2D eigenvalue weighted by Crippen LogP contribution is 2.15. The lowest BCUT2D eigenvalue weighted by Crippen LogP contribution is -2.24. The SMILES string of the molecule is Cc1nn(Cc2ccccc2)c(C)c1CNC(=O)CCCn1c(=O)oc2ccccc21. The quantitative estimate of drug-likeness (QED) is 0.474. The van der Waals surface area contributed by atoms with Gasteiger partial charge in [0.05, 0.1) is 17.8 Å². The Morgan fingerprint density at radius 1 is 1.06 bits per heavy atom. The molecule has 7 nitrogen and oxygen atoms in total. The Labute approximate surface area is 180 Å². The van der Waals surface area contributed by atoms with E-state index < -0.39 is 5.76 Å². The molecule has 0 aliphatic heterocycles. The Bertz CT molecular complexity index is 1250. The van der Waals surface area contributed by atoms with Gasteiger partial charge in [-0.2, -0.15) is 5.10 Å². The number of nitrogens with one attached hydrogen (secondary N) is 1. The van der Waals surface area contributed by atoms with E-state index in [4.69, 9.17) is 4.42 Å². The predicted octanol–water partition coefficient (Wildman–Crippen LogP) is 3.55. The summed E-state index contributed by atoms with van der Waals surface area (Å²) in [6, 6.07) is 17.5. The Hall–Kier alpha value is -3.61. The van der Waals surface area contributed by atoms with Crippen LogP contribution in [0.2, 0.25) is 0 Å². The van der Waals surface area contributed by atoms with Crippen LogP contribution < -0.4 is 11.1 Å². The molecule has 0 radical (unpaired) electrons. The normalized spacial score (nSPS) is 11.2. The van der Waals surface area contributed by atoms with Crippen molar-refractivity contribution in [2.24, 2.45) is 0 Å². The Morgan fingerprint density at radius 3 is 2.61 bits per heavy atom. The van der Waals surface area contributed by atoms with Crippen LogP contribution in [0.25, 0.3) is 11.1 Å². The van der Waals surface area contributed by atoms with Gasteiger partial charge in [-0.1, -0.05) is 42.5 Å². The molecule has 0 fully saturated rings. The number of hydrogen-bond donors (Lipinski definition) is 1. The van der Waals surface area contributed by atoms with Crippen LogP contribution in [-0.4, -0.2) is 20.3 Å². The molecule has 2 aromatic heterocycles. The lowest BCUT2D eigenvalue weighted by atomic mass is 10.2. The lowest BCUT2D eigenvalue weighted by Gasteiger charge is -2.08. The highest BCUT2D eigenvalue weighted by Gasteiger charge is 2.13. The molecule has 2 aromatic carbocycles. The fourth-order valence-corrected chi connectivity index (χ4v) is 3.80. The largest absolute Gasteiger partial charge is 0.419 e. The number of aryl methyl sites for hydroxylation is 2. The molecule has 0 spiro atoms. The van der Waals surface area contributed by atoms with Crippen LogP contribution in [0.15, 0.2) is 63.8 Å². The summed E-state index contributed by atoms with van der Waals surface area (Å²) in [4.78, 5) is 24.4. The second-order valence-electron chi connectivity index (χ2n) is 7.66. The highest BCUT2D eigenvalue weighted by molar-refractivity contribution is 5.76. The summed E-state index contributed by atoms with van der Waals surface area (Å²) in [5.41, 5.74) is 5.52. The van der Waals surface area contributed by atoms with Gasteiger partial charge < -0.3 is 9.73 Å². The van der Waals surface area contributed by atoms with E-state index in [1.165, 1.54) is 5.56 Å². The second kappa shape index (κ2) is 9.04. The van der Waals surface area contributed by atoms with Crippen LogP contribution >= 0.6 is 0 Å². The fraction of sp³-hybridized carbons (Fsp3) is 0.292. The molecule has 1 amide bonds. The number of hydrogen-bond acceptors (Lipinski definition) is 4. The number of benzene rings is 2. The van der Waals surface area contributed by atoms with Crippen molar-refractivity contribution in [1.82, 2.24) is 19.7 Å². The number of carbonyl (C=O) groups is 1. The van der Waals surface area contributed by atoms with Gasteiger partial charge in [-0.3, -0.25) is 14.0 Å². The van der Waals surface area contributed by atoms with Crippen LogP contribution in [0, 0.1) is 13.8 Å². The lowest BCUT2D eigenvalue weighted by molar-refractivity contribution is -0.121. The van der Waals surface area contributed by atoms with Gasteiger partial charge >= 0.3 is 5.76 Å². The summed E-state index contributed by atoms with van der Waals surface area (Å²) in [6.45, 7) is 5.58. The van der Waals surface area contributed by atoms with E-state index in [1.54, 1.807) is 10.6 Å². The van der Waals surface area contributed by atoms with E-state index >= 15 is 0 Å². The van der Waals surface area contributed by atoms with Crippen molar-refractivity contribution < 1.29 is 9.21 Å². The van der Waals surface area contributed by atoms with E-state index in [2.05, 4.69) is 22.5 Å². The van der Waals surface area contributed by atoms with Crippen molar-refractivity contribution >= 4 is 17.0 Å². The van der Waals surface area contributed by atoms with Crippen molar-refractivity contribution in [3.05, 3.63) is 87.7 Å². The highest BCUT2D eigenvalue weighted by atomic mass is 16.4. The number of carbonyl (C=O) groups excluding carboxylic acids is 1. The Morgan fingerprint density at radius 2 is 1.81 bits per heavy atom. The van der Waals surface area contributed by atoms with Gasteiger partial charge in [0.1, 0.15) is 0 Å². The van der Waals surface area contributed by atoms with Crippen molar-refractivity contribution in [2.75, 3.05) is 0 Å².